The van der Waals surface area contributed by atoms with Crippen LogP contribution in [0.1, 0.15) is 43.9 Å². The molecule has 1 unspecified atom stereocenters. The van der Waals surface area contributed by atoms with Gasteiger partial charge in [0, 0.05) is 10.9 Å². The molecule has 0 aliphatic carbocycles. The van der Waals surface area contributed by atoms with Crippen LogP contribution in [-0.2, 0) is 6.42 Å². The van der Waals surface area contributed by atoms with Gasteiger partial charge in [0.05, 0.1) is 0 Å². The van der Waals surface area contributed by atoms with E-state index in [0.717, 1.165) is 0 Å². The molecule has 15 heavy (non-hydrogen) atoms. The van der Waals surface area contributed by atoms with Crippen LogP contribution in [0.3, 0.4) is 0 Å². The molecule has 3 N–H and O–H groups in total. The summed E-state index contributed by atoms with van der Waals surface area (Å²) in [5, 5.41) is 2.14. The number of hydrogen-bond acceptors (Lipinski definition) is 3. The van der Waals surface area contributed by atoms with Crippen LogP contribution in [0.15, 0.2) is 17.5 Å². The van der Waals surface area contributed by atoms with Gasteiger partial charge in [-0.1, -0.05) is 25.8 Å². The van der Waals surface area contributed by atoms with E-state index in [9.17, 15) is 0 Å². The molecule has 1 aromatic heterocycles. The summed E-state index contributed by atoms with van der Waals surface area (Å²) in [4.78, 5) is 1.49. The molecule has 0 aromatic carbocycles. The minimum absolute atomic E-state index is 0.505. The highest BCUT2D eigenvalue weighted by Crippen LogP contribution is 2.14. The Hall–Kier alpha value is -0.380. The van der Waals surface area contributed by atoms with Crippen molar-refractivity contribution in [1.29, 1.82) is 0 Å². The Kier molecular flexibility index (Phi) is 6.64. The lowest BCUT2D eigenvalue weighted by atomic mass is 10.0. The molecule has 0 aliphatic heterocycles. The van der Waals surface area contributed by atoms with E-state index in [-0.39, 0.29) is 0 Å². The summed E-state index contributed by atoms with van der Waals surface area (Å²) in [6.45, 7) is 2.22. The van der Waals surface area contributed by atoms with E-state index in [1.807, 2.05) is 11.3 Å². The predicted octanol–water partition coefficient (Wildman–Crippen LogP) is 3.09. The molecule has 86 valence electrons. The Labute approximate surface area is 96.9 Å². The predicted molar refractivity (Wildman–Crippen MR) is 67.9 cm³/mol. The van der Waals surface area contributed by atoms with Gasteiger partial charge in [-0.05, 0) is 37.1 Å². The lowest BCUT2D eigenvalue weighted by Crippen LogP contribution is -2.35. The van der Waals surface area contributed by atoms with Gasteiger partial charge in [0.15, 0.2) is 0 Å². The zero-order valence-corrected chi connectivity index (χ0v) is 10.4. The smallest absolute Gasteiger partial charge is 0.0210 e. The first-order valence-electron chi connectivity index (χ1n) is 5.85. The van der Waals surface area contributed by atoms with E-state index < -0.39 is 0 Å². The minimum Gasteiger partial charge on any atom is -0.271 e. The van der Waals surface area contributed by atoms with Crippen molar-refractivity contribution in [2.45, 2.75) is 51.5 Å². The third kappa shape index (κ3) is 5.30. The van der Waals surface area contributed by atoms with Crippen molar-refractivity contribution in [1.82, 2.24) is 5.43 Å². The largest absolute Gasteiger partial charge is 0.271 e. The monoisotopic (exact) mass is 226 g/mol. The number of nitrogens with two attached hydrogens (primary N) is 1. The average molecular weight is 226 g/mol. The summed E-state index contributed by atoms with van der Waals surface area (Å²) < 4.78 is 0. The Morgan fingerprint density at radius 3 is 2.80 bits per heavy atom. The Morgan fingerprint density at radius 2 is 2.20 bits per heavy atom. The molecule has 0 spiro atoms. The number of unbranched alkanes of at least 4 members (excludes halogenated alkanes) is 1. The van der Waals surface area contributed by atoms with Gasteiger partial charge in [-0.3, -0.25) is 11.3 Å². The molecule has 0 radical (unpaired) electrons. The highest BCUT2D eigenvalue weighted by molar-refractivity contribution is 7.09. The van der Waals surface area contributed by atoms with Gasteiger partial charge < -0.3 is 0 Å². The van der Waals surface area contributed by atoms with Gasteiger partial charge >= 0.3 is 0 Å². The number of hydrazine groups is 1. The topological polar surface area (TPSA) is 38.0 Å². The number of rotatable bonds is 8. The third-order valence-corrected chi connectivity index (χ3v) is 3.63. The molecule has 0 saturated carbocycles. The summed E-state index contributed by atoms with van der Waals surface area (Å²) in [5.41, 5.74) is 2.92. The van der Waals surface area contributed by atoms with Crippen LogP contribution in [0.25, 0.3) is 0 Å². The lowest BCUT2D eigenvalue weighted by Gasteiger charge is -2.14. The van der Waals surface area contributed by atoms with Crippen LogP contribution in [0.5, 0.6) is 0 Å². The van der Waals surface area contributed by atoms with Crippen LogP contribution in [0.4, 0.5) is 0 Å². The van der Waals surface area contributed by atoms with Gasteiger partial charge in [-0.15, -0.1) is 11.3 Å². The molecule has 2 nitrogen and oxygen atoms in total. The molecule has 0 amide bonds. The molecule has 1 rings (SSSR count). The Morgan fingerprint density at radius 1 is 1.40 bits per heavy atom. The molecule has 0 fully saturated rings. The van der Waals surface area contributed by atoms with Crippen molar-refractivity contribution in [3.05, 3.63) is 22.4 Å². The molecule has 1 atom stereocenters. The minimum atomic E-state index is 0.505. The highest BCUT2D eigenvalue weighted by atomic mass is 32.1. The zero-order valence-electron chi connectivity index (χ0n) is 9.54. The fourth-order valence-electron chi connectivity index (χ4n) is 1.74. The molecule has 1 heterocycles. The van der Waals surface area contributed by atoms with E-state index in [4.69, 9.17) is 5.84 Å². The van der Waals surface area contributed by atoms with Gasteiger partial charge in [0.25, 0.3) is 0 Å². The van der Waals surface area contributed by atoms with Crippen molar-refractivity contribution in [2.75, 3.05) is 0 Å². The van der Waals surface area contributed by atoms with Crippen LogP contribution in [0, 0.1) is 0 Å². The van der Waals surface area contributed by atoms with Gasteiger partial charge in [0.2, 0.25) is 0 Å². The van der Waals surface area contributed by atoms with Gasteiger partial charge in [0.1, 0.15) is 0 Å². The molecule has 1 aromatic rings. The van der Waals surface area contributed by atoms with E-state index in [0.29, 0.717) is 6.04 Å². The molecule has 0 aliphatic rings. The second-order valence-electron chi connectivity index (χ2n) is 3.98. The first-order chi connectivity index (χ1) is 7.36. The van der Waals surface area contributed by atoms with Crippen LogP contribution in [-0.4, -0.2) is 6.04 Å². The molecule has 0 bridgehead atoms. The van der Waals surface area contributed by atoms with Crippen LogP contribution in [0.2, 0.25) is 0 Å². The van der Waals surface area contributed by atoms with Crippen molar-refractivity contribution in [3.63, 3.8) is 0 Å². The van der Waals surface area contributed by atoms with E-state index in [1.54, 1.807) is 0 Å². The lowest BCUT2D eigenvalue weighted by molar-refractivity contribution is 0.438. The maximum atomic E-state index is 5.53. The fraction of sp³-hybridized carbons (Fsp3) is 0.667. The quantitative estimate of drug-likeness (QED) is 0.528. The second kappa shape index (κ2) is 7.85. The summed E-state index contributed by atoms with van der Waals surface area (Å²) in [5.74, 6) is 5.53. The number of aryl methyl sites for hydroxylation is 1. The first kappa shape index (κ1) is 12.7. The van der Waals surface area contributed by atoms with Crippen LogP contribution >= 0.6 is 11.3 Å². The van der Waals surface area contributed by atoms with Gasteiger partial charge in [-0.2, -0.15) is 0 Å². The maximum absolute atomic E-state index is 5.53. The summed E-state index contributed by atoms with van der Waals surface area (Å²) in [6, 6.07) is 4.84. The van der Waals surface area contributed by atoms with Crippen LogP contribution < -0.4 is 11.3 Å². The average Bonchev–Trinajstić information content (AvgIpc) is 2.76. The summed E-state index contributed by atoms with van der Waals surface area (Å²) >= 11 is 1.85. The Bertz CT molecular complexity index is 234. The van der Waals surface area contributed by atoms with Crippen molar-refractivity contribution in [2.24, 2.45) is 5.84 Å². The third-order valence-electron chi connectivity index (χ3n) is 2.70. The molecule has 3 heteroatoms. The van der Waals surface area contributed by atoms with Crippen molar-refractivity contribution in [3.8, 4) is 0 Å². The van der Waals surface area contributed by atoms with E-state index >= 15 is 0 Å². The summed E-state index contributed by atoms with van der Waals surface area (Å²) in [7, 11) is 0. The van der Waals surface area contributed by atoms with Gasteiger partial charge in [-0.25, -0.2) is 0 Å². The van der Waals surface area contributed by atoms with E-state index in [1.165, 1.54) is 43.4 Å². The van der Waals surface area contributed by atoms with Crippen molar-refractivity contribution < 1.29 is 0 Å². The number of thiophene rings is 1. The standard InChI is InChI=1S/C12H22N2S/c1-2-3-6-11(14-13)7-4-8-12-9-5-10-15-12/h5,9-11,14H,2-4,6-8,13H2,1H3. The fourth-order valence-corrected chi connectivity index (χ4v) is 2.49. The van der Waals surface area contributed by atoms with Crippen molar-refractivity contribution >= 4 is 11.3 Å². The number of hydrogen-bond donors (Lipinski definition) is 2. The molecular formula is C12H22N2S. The second-order valence-corrected chi connectivity index (χ2v) is 5.01. The number of nitrogens with one attached hydrogen (secondary N) is 1. The van der Waals surface area contributed by atoms with E-state index in [2.05, 4.69) is 29.9 Å². The molecular weight excluding hydrogens is 204 g/mol. The zero-order chi connectivity index (χ0) is 10.9. The maximum Gasteiger partial charge on any atom is 0.0210 e. The Balaban J connectivity index is 2.11. The SMILES string of the molecule is CCCCC(CCCc1cccs1)NN. The molecule has 0 saturated heterocycles. The normalized spacial score (nSPS) is 12.9. The summed E-state index contributed by atoms with van der Waals surface area (Å²) in [6.07, 6.45) is 7.35. The first-order valence-corrected chi connectivity index (χ1v) is 6.73. The highest BCUT2D eigenvalue weighted by Gasteiger charge is 2.05.